The SMILES string of the molecule is CCNC(c1cc2cccc(Cl)c2o1)c1ccccc1I. The van der Waals surface area contributed by atoms with Gasteiger partial charge in [-0.15, -0.1) is 0 Å². The number of hydrogen-bond donors (Lipinski definition) is 1. The lowest BCUT2D eigenvalue weighted by Crippen LogP contribution is -2.22. The third-order valence-corrected chi connectivity index (χ3v) is 4.70. The van der Waals surface area contributed by atoms with Crippen molar-refractivity contribution in [2.45, 2.75) is 13.0 Å². The first-order valence-electron chi connectivity index (χ1n) is 6.86. The average molecular weight is 412 g/mol. The third-order valence-electron chi connectivity index (χ3n) is 3.42. The predicted octanol–water partition coefficient (Wildman–Crippen LogP) is 5.39. The van der Waals surface area contributed by atoms with Gasteiger partial charge in [-0.1, -0.05) is 48.9 Å². The van der Waals surface area contributed by atoms with Crippen molar-refractivity contribution in [1.82, 2.24) is 5.32 Å². The van der Waals surface area contributed by atoms with Gasteiger partial charge in [0.25, 0.3) is 0 Å². The zero-order valence-electron chi connectivity index (χ0n) is 11.6. The van der Waals surface area contributed by atoms with Crippen LogP contribution in [-0.4, -0.2) is 6.54 Å². The van der Waals surface area contributed by atoms with E-state index in [4.69, 9.17) is 16.0 Å². The van der Waals surface area contributed by atoms with E-state index in [0.717, 1.165) is 23.3 Å². The van der Waals surface area contributed by atoms with Gasteiger partial charge in [-0.05, 0) is 52.9 Å². The van der Waals surface area contributed by atoms with Crippen molar-refractivity contribution in [1.29, 1.82) is 0 Å². The fourth-order valence-corrected chi connectivity index (χ4v) is 3.39. The largest absolute Gasteiger partial charge is 0.457 e. The van der Waals surface area contributed by atoms with Crippen LogP contribution in [0.2, 0.25) is 5.02 Å². The molecular weight excluding hydrogens is 397 g/mol. The van der Waals surface area contributed by atoms with Crippen LogP contribution in [0.25, 0.3) is 11.0 Å². The molecule has 0 saturated heterocycles. The van der Waals surface area contributed by atoms with E-state index in [-0.39, 0.29) is 6.04 Å². The Morgan fingerprint density at radius 2 is 2.00 bits per heavy atom. The average Bonchev–Trinajstić information content (AvgIpc) is 2.91. The molecule has 0 saturated carbocycles. The number of para-hydroxylation sites is 1. The summed E-state index contributed by atoms with van der Waals surface area (Å²) in [6, 6.07) is 16.3. The number of furan rings is 1. The number of nitrogens with one attached hydrogen (secondary N) is 1. The van der Waals surface area contributed by atoms with Crippen LogP contribution in [0.1, 0.15) is 24.3 Å². The quantitative estimate of drug-likeness (QED) is 0.582. The highest BCUT2D eigenvalue weighted by molar-refractivity contribution is 14.1. The van der Waals surface area contributed by atoms with Crippen LogP contribution < -0.4 is 5.32 Å². The molecule has 1 aromatic heterocycles. The van der Waals surface area contributed by atoms with Crippen molar-refractivity contribution in [2.75, 3.05) is 6.54 Å². The predicted molar refractivity (Wildman–Crippen MR) is 95.9 cm³/mol. The topological polar surface area (TPSA) is 25.2 Å². The van der Waals surface area contributed by atoms with Gasteiger partial charge < -0.3 is 9.73 Å². The number of fused-ring (bicyclic) bond motifs is 1. The van der Waals surface area contributed by atoms with Gasteiger partial charge in [-0.2, -0.15) is 0 Å². The molecule has 2 nitrogen and oxygen atoms in total. The van der Waals surface area contributed by atoms with Crippen LogP contribution in [0.3, 0.4) is 0 Å². The molecule has 0 amide bonds. The standard InChI is InChI=1S/C17H15ClINO/c1-2-20-16(12-7-3-4-9-14(12)19)15-10-11-6-5-8-13(18)17(11)21-15/h3-10,16,20H,2H2,1H3. The van der Waals surface area contributed by atoms with Gasteiger partial charge in [0, 0.05) is 8.96 Å². The molecule has 0 fully saturated rings. The maximum absolute atomic E-state index is 6.21. The lowest BCUT2D eigenvalue weighted by atomic mass is 10.0. The second-order valence-corrected chi connectivity index (χ2v) is 6.39. The zero-order valence-corrected chi connectivity index (χ0v) is 14.5. The van der Waals surface area contributed by atoms with Gasteiger partial charge in [0.05, 0.1) is 11.1 Å². The lowest BCUT2D eigenvalue weighted by Gasteiger charge is -2.17. The van der Waals surface area contributed by atoms with Crippen molar-refractivity contribution in [2.24, 2.45) is 0 Å². The third kappa shape index (κ3) is 2.96. The molecule has 3 aromatic rings. The fraction of sp³-hybridized carbons (Fsp3) is 0.176. The van der Waals surface area contributed by atoms with Crippen LogP contribution in [0.15, 0.2) is 52.9 Å². The highest BCUT2D eigenvalue weighted by Gasteiger charge is 2.20. The van der Waals surface area contributed by atoms with Crippen LogP contribution in [-0.2, 0) is 0 Å². The maximum Gasteiger partial charge on any atom is 0.152 e. The van der Waals surface area contributed by atoms with E-state index in [9.17, 15) is 0 Å². The molecule has 1 N–H and O–H groups in total. The van der Waals surface area contributed by atoms with Crippen LogP contribution in [0, 0.1) is 3.57 Å². The number of hydrogen-bond acceptors (Lipinski definition) is 2. The Balaban J connectivity index is 2.11. The first-order valence-corrected chi connectivity index (χ1v) is 8.32. The summed E-state index contributed by atoms with van der Waals surface area (Å²) in [7, 11) is 0. The molecular formula is C17H15ClINO. The Bertz CT molecular complexity index is 768. The minimum absolute atomic E-state index is 0.0339. The van der Waals surface area contributed by atoms with Gasteiger partial charge in [-0.3, -0.25) is 0 Å². The lowest BCUT2D eigenvalue weighted by molar-refractivity contribution is 0.476. The molecule has 4 heteroatoms. The van der Waals surface area contributed by atoms with Crippen molar-refractivity contribution >= 4 is 45.2 Å². The van der Waals surface area contributed by atoms with E-state index in [2.05, 4.69) is 59.1 Å². The zero-order chi connectivity index (χ0) is 14.8. The summed E-state index contributed by atoms with van der Waals surface area (Å²) >= 11 is 8.57. The first-order chi connectivity index (χ1) is 10.2. The van der Waals surface area contributed by atoms with Crippen molar-refractivity contribution < 1.29 is 4.42 Å². The summed E-state index contributed by atoms with van der Waals surface area (Å²) in [6.07, 6.45) is 0. The Hall–Kier alpha value is -1.04. The molecule has 3 rings (SSSR count). The number of rotatable bonds is 4. The molecule has 0 radical (unpaired) electrons. The van der Waals surface area contributed by atoms with E-state index < -0.39 is 0 Å². The molecule has 0 aliphatic carbocycles. The van der Waals surface area contributed by atoms with Gasteiger partial charge in [0.2, 0.25) is 0 Å². The Morgan fingerprint density at radius 1 is 1.19 bits per heavy atom. The smallest absolute Gasteiger partial charge is 0.152 e. The molecule has 108 valence electrons. The molecule has 1 heterocycles. The molecule has 1 unspecified atom stereocenters. The summed E-state index contributed by atoms with van der Waals surface area (Å²) in [5.74, 6) is 0.893. The van der Waals surface area contributed by atoms with Crippen LogP contribution >= 0.6 is 34.2 Å². The summed E-state index contributed by atoms with van der Waals surface area (Å²) in [6.45, 7) is 2.96. The monoisotopic (exact) mass is 411 g/mol. The van der Waals surface area contributed by atoms with Crippen molar-refractivity contribution in [3.8, 4) is 0 Å². The van der Waals surface area contributed by atoms with E-state index >= 15 is 0 Å². The molecule has 0 bridgehead atoms. The van der Waals surface area contributed by atoms with E-state index in [1.807, 2.05) is 24.3 Å². The fourth-order valence-electron chi connectivity index (χ4n) is 2.47. The summed E-state index contributed by atoms with van der Waals surface area (Å²) in [5.41, 5.74) is 1.97. The molecule has 21 heavy (non-hydrogen) atoms. The molecule has 0 aliphatic rings. The molecule has 2 aromatic carbocycles. The number of halogens is 2. The Labute approximate surface area is 142 Å². The van der Waals surface area contributed by atoms with Crippen LogP contribution in [0.4, 0.5) is 0 Å². The Morgan fingerprint density at radius 3 is 2.71 bits per heavy atom. The summed E-state index contributed by atoms with van der Waals surface area (Å²) in [4.78, 5) is 0. The van der Waals surface area contributed by atoms with Gasteiger partial charge >= 0.3 is 0 Å². The Kier molecular flexibility index (Phi) is 4.52. The molecule has 0 spiro atoms. The number of benzene rings is 2. The van der Waals surface area contributed by atoms with Gasteiger partial charge in [0.15, 0.2) is 5.58 Å². The highest BCUT2D eigenvalue weighted by Crippen LogP contribution is 2.33. The van der Waals surface area contributed by atoms with E-state index in [0.29, 0.717) is 5.02 Å². The minimum atomic E-state index is 0.0339. The summed E-state index contributed by atoms with van der Waals surface area (Å²) in [5, 5.41) is 5.18. The summed E-state index contributed by atoms with van der Waals surface area (Å²) < 4.78 is 7.24. The second kappa shape index (κ2) is 6.38. The van der Waals surface area contributed by atoms with Crippen molar-refractivity contribution in [3.63, 3.8) is 0 Å². The van der Waals surface area contributed by atoms with Gasteiger partial charge in [-0.25, -0.2) is 0 Å². The maximum atomic E-state index is 6.21. The molecule has 0 aliphatic heterocycles. The van der Waals surface area contributed by atoms with Crippen LogP contribution in [0.5, 0.6) is 0 Å². The second-order valence-electron chi connectivity index (χ2n) is 4.82. The van der Waals surface area contributed by atoms with Gasteiger partial charge in [0.1, 0.15) is 5.76 Å². The van der Waals surface area contributed by atoms with E-state index in [1.54, 1.807) is 0 Å². The van der Waals surface area contributed by atoms with Crippen molar-refractivity contribution in [3.05, 3.63) is 68.4 Å². The molecule has 1 atom stereocenters. The first kappa shape index (κ1) is 14.9. The highest BCUT2D eigenvalue weighted by atomic mass is 127. The van der Waals surface area contributed by atoms with E-state index in [1.165, 1.54) is 9.13 Å². The minimum Gasteiger partial charge on any atom is -0.457 e. The normalized spacial score (nSPS) is 12.7.